The van der Waals surface area contributed by atoms with Crippen LogP contribution in [0.3, 0.4) is 0 Å². The van der Waals surface area contributed by atoms with E-state index in [9.17, 15) is 4.39 Å². The Morgan fingerprint density at radius 3 is 2.33 bits per heavy atom. The number of nitrogens with zero attached hydrogens (tertiary/aromatic N) is 1. The number of rotatable bonds is 5. The van der Waals surface area contributed by atoms with Crippen molar-refractivity contribution in [1.82, 2.24) is 9.88 Å². The Kier molecular flexibility index (Phi) is 4.95. The summed E-state index contributed by atoms with van der Waals surface area (Å²) in [6, 6.07) is 14.3. The summed E-state index contributed by atoms with van der Waals surface area (Å²) >= 11 is 0. The summed E-state index contributed by atoms with van der Waals surface area (Å²) in [5, 5.41) is 1.01. The Morgan fingerprint density at radius 2 is 1.67 bits per heavy atom. The second kappa shape index (κ2) is 7.53. The normalized spacial score (nSPS) is 14.5. The Bertz CT molecular complexity index is 1010. The monoisotopic (exact) mass is 360 g/mol. The van der Waals surface area contributed by atoms with Gasteiger partial charge in [0.2, 0.25) is 0 Å². The van der Waals surface area contributed by atoms with Crippen molar-refractivity contribution in [3.8, 4) is 0 Å². The average Bonchev–Trinajstić information content (AvgIpc) is 3.11. The number of halogens is 1. The predicted octanol–water partition coefficient (Wildman–Crippen LogP) is 5.67. The molecule has 138 valence electrons. The Morgan fingerprint density at radius 1 is 0.963 bits per heavy atom. The van der Waals surface area contributed by atoms with Gasteiger partial charge in [-0.05, 0) is 73.3 Å². The summed E-state index contributed by atoms with van der Waals surface area (Å²) in [6.45, 7) is 0.949. The summed E-state index contributed by atoms with van der Waals surface area (Å²) in [5.74, 6) is -0.169. The molecule has 2 aromatic carbocycles. The van der Waals surface area contributed by atoms with Gasteiger partial charge in [0, 0.05) is 18.1 Å². The van der Waals surface area contributed by atoms with Gasteiger partial charge in [0.25, 0.3) is 0 Å². The molecule has 0 saturated carbocycles. The molecule has 0 saturated heterocycles. The van der Waals surface area contributed by atoms with Crippen LogP contribution in [0, 0.1) is 5.82 Å². The maximum absolute atomic E-state index is 14.7. The number of aromatic nitrogens is 1. The van der Waals surface area contributed by atoms with Crippen molar-refractivity contribution in [2.24, 2.45) is 0 Å². The summed E-state index contributed by atoms with van der Waals surface area (Å²) in [7, 11) is 4.12. The Labute approximate surface area is 160 Å². The molecule has 3 heteroatoms. The summed E-state index contributed by atoms with van der Waals surface area (Å²) in [5.41, 5.74) is 6.60. The highest BCUT2D eigenvalue weighted by atomic mass is 19.1. The zero-order valence-corrected chi connectivity index (χ0v) is 15.9. The molecule has 1 N–H and O–H groups in total. The average molecular weight is 360 g/mol. The topological polar surface area (TPSA) is 19.0 Å². The standard InChI is InChI=1S/C24H25FN2/c1-27(2)13-12-20-16-26-24-22(20)14-21(15-23(24)25)19-10-8-18(9-11-19)17-6-4-3-5-7-17/h3-8,10,14-16,26H,9,11-13H2,1-2H3. The van der Waals surface area contributed by atoms with Crippen LogP contribution in [0.15, 0.2) is 60.8 Å². The maximum Gasteiger partial charge on any atom is 0.147 e. The van der Waals surface area contributed by atoms with Crippen LogP contribution in [0.4, 0.5) is 4.39 Å². The van der Waals surface area contributed by atoms with Crippen LogP contribution >= 0.6 is 0 Å². The number of hydrogen-bond donors (Lipinski definition) is 1. The number of aromatic amines is 1. The van der Waals surface area contributed by atoms with Gasteiger partial charge in [0.05, 0.1) is 5.52 Å². The molecule has 1 heterocycles. The maximum atomic E-state index is 14.7. The van der Waals surface area contributed by atoms with E-state index in [-0.39, 0.29) is 5.82 Å². The Hall–Kier alpha value is -2.65. The highest BCUT2D eigenvalue weighted by Gasteiger charge is 2.15. The van der Waals surface area contributed by atoms with E-state index in [4.69, 9.17) is 0 Å². The molecule has 3 aromatic rings. The van der Waals surface area contributed by atoms with E-state index in [2.05, 4.69) is 66.5 Å². The van der Waals surface area contributed by atoms with Gasteiger partial charge in [-0.1, -0.05) is 42.5 Å². The van der Waals surface area contributed by atoms with E-state index in [0.717, 1.165) is 36.8 Å². The summed E-state index contributed by atoms with van der Waals surface area (Å²) < 4.78 is 14.7. The van der Waals surface area contributed by atoms with Crippen molar-refractivity contribution >= 4 is 22.0 Å². The molecular formula is C24H25FN2. The van der Waals surface area contributed by atoms with Gasteiger partial charge in [-0.15, -0.1) is 0 Å². The van der Waals surface area contributed by atoms with Gasteiger partial charge in [-0.3, -0.25) is 0 Å². The second-order valence-electron chi connectivity index (χ2n) is 7.50. The minimum atomic E-state index is -0.169. The molecule has 2 nitrogen and oxygen atoms in total. The molecule has 0 radical (unpaired) electrons. The molecule has 1 aliphatic carbocycles. The van der Waals surface area contributed by atoms with E-state index in [1.165, 1.54) is 22.3 Å². The lowest BCUT2D eigenvalue weighted by molar-refractivity contribution is 0.414. The first kappa shape index (κ1) is 17.7. The van der Waals surface area contributed by atoms with E-state index in [1.54, 1.807) is 6.07 Å². The van der Waals surface area contributed by atoms with Crippen LogP contribution < -0.4 is 0 Å². The molecule has 0 amide bonds. The first-order chi connectivity index (χ1) is 13.1. The minimum Gasteiger partial charge on any atom is -0.359 e. The van der Waals surface area contributed by atoms with Crippen LogP contribution in [0.1, 0.15) is 29.5 Å². The van der Waals surface area contributed by atoms with Gasteiger partial charge in [-0.25, -0.2) is 4.39 Å². The van der Waals surface area contributed by atoms with Gasteiger partial charge in [0.1, 0.15) is 5.82 Å². The quantitative estimate of drug-likeness (QED) is 0.621. The minimum absolute atomic E-state index is 0.169. The molecule has 0 aliphatic heterocycles. The van der Waals surface area contributed by atoms with Gasteiger partial charge >= 0.3 is 0 Å². The predicted molar refractivity (Wildman–Crippen MR) is 112 cm³/mol. The molecule has 1 aromatic heterocycles. The van der Waals surface area contributed by atoms with Crippen molar-refractivity contribution in [2.75, 3.05) is 20.6 Å². The highest BCUT2D eigenvalue weighted by molar-refractivity contribution is 5.89. The number of likely N-dealkylation sites (N-methyl/N-ethyl adjacent to an activating group) is 1. The zero-order valence-electron chi connectivity index (χ0n) is 15.9. The van der Waals surface area contributed by atoms with Crippen LogP contribution in [-0.4, -0.2) is 30.5 Å². The lowest BCUT2D eigenvalue weighted by Gasteiger charge is -2.16. The fraction of sp³-hybridized carbons (Fsp3) is 0.250. The van der Waals surface area contributed by atoms with E-state index in [0.29, 0.717) is 5.52 Å². The molecule has 0 fully saturated rings. The fourth-order valence-corrected chi connectivity index (χ4v) is 3.75. The third-order valence-electron chi connectivity index (χ3n) is 5.32. The number of nitrogens with one attached hydrogen (secondary N) is 1. The van der Waals surface area contributed by atoms with Crippen LogP contribution in [0.25, 0.3) is 22.0 Å². The third kappa shape index (κ3) is 3.74. The van der Waals surface area contributed by atoms with Gasteiger partial charge < -0.3 is 9.88 Å². The number of allylic oxidation sites excluding steroid dienone is 4. The molecule has 0 unspecified atom stereocenters. The molecule has 27 heavy (non-hydrogen) atoms. The first-order valence-corrected chi connectivity index (χ1v) is 9.51. The zero-order chi connectivity index (χ0) is 18.8. The molecule has 0 atom stereocenters. The lowest BCUT2D eigenvalue weighted by Crippen LogP contribution is -2.14. The lowest BCUT2D eigenvalue weighted by atomic mass is 9.89. The van der Waals surface area contributed by atoms with Crippen molar-refractivity contribution in [1.29, 1.82) is 0 Å². The van der Waals surface area contributed by atoms with E-state index < -0.39 is 0 Å². The van der Waals surface area contributed by atoms with Crippen LogP contribution in [0.5, 0.6) is 0 Å². The number of hydrogen-bond acceptors (Lipinski definition) is 1. The number of H-pyrrole nitrogens is 1. The van der Waals surface area contributed by atoms with Crippen LogP contribution in [0.2, 0.25) is 0 Å². The van der Waals surface area contributed by atoms with Crippen molar-refractivity contribution in [2.45, 2.75) is 19.3 Å². The summed E-state index contributed by atoms with van der Waals surface area (Å²) in [4.78, 5) is 5.27. The third-order valence-corrected chi connectivity index (χ3v) is 5.32. The van der Waals surface area contributed by atoms with Gasteiger partial charge in [-0.2, -0.15) is 0 Å². The van der Waals surface area contributed by atoms with E-state index >= 15 is 0 Å². The molecule has 4 rings (SSSR count). The Balaban J connectivity index is 1.67. The first-order valence-electron chi connectivity index (χ1n) is 9.51. The summed E-state index contributed by atoms with van der Waals surface area (Å²) in [6.07, 6.45) is 9.11. The molecule has 0 spiro atoms. The van der Waals surface area contributed by atoms with Crippen molar-refractivity contribution < 1.29 is 4.39 Å². The highest BCUT2D eigenvalue weighted by Crippen LogP contribution is 2.34. The largest absolute Gasteiger partial charge is 0.359 e. The number of fused-ring (bicyclic) bond motifs is 1. The second-order valence-corrected chi connectivity index (χ2v) is 7.50. The smallest absolute Gasteiger partial charge is 0.147 e. The van der Waals surface area contributed by atoms with Crippen LogP contribution in [-0.2, 0) is 6.42 Å². The molecule has 1 aliphatic rings. The van der Waals surface area contributed by atoms with Crippen molar-refractivity contribution in [3.05, 3.63) is 83.3 Å². The SMILES string of the molecule is CN(C)CCc1c[nH]c2c(F)cc(C3=CC=C(c4ccccc4)CC3)cc12. The van der Waals surface area contributed by atoms with E-state index in [1.807, 2.05) is 12.3 Å². The molecule has 0 bridgehead atoms. The fourth-order valence-electron chi connectivity index (χ4n) is 3.75. The van der Waals surface area contributed by atoms with Crippen molar-refractivity contribution in [3.63, 3.8) is 0 Å². The van der Waals surface area contributed by atoms with Gasteiger partial charge in [0.15, 0.2) is 0 Å². The number of benzene rings is 2. The molecular weight excluding hydrogens is 335 g/mol.